The highest BCUT2D eigenvalue weighted by Crippen LogP contribution is 2.30. The van der Waals surface area contributed by atoms with Gasteiger partial charge in [0.1, 0.15) is 5.15 Å². The van der Waals surface area contributed by atoms with Crippen LogP contribution >= 0.6 is 34.8 Å². The molecule has 0 aliphatic rings. The zero-order chi connectivity index (χ0) is 14.3. The second-order valence-electron chi connectivity index (χ2n) is 4.35. The lowest BCUT2D eigenvalue weighted by Gasteiger charge is -2.07. The Morgan fingerprint density at radius 1 is 1.15 bits per heavy atom. The molecule has 3 aromatic rings. The lowest BCUT2D eigenvalue weighted by atomic mass is 9.75. The molecule has 2 heterocycles. The molecule has 7 heteroatoms. The van der Waals surface area contributed by atoms with Gasteiger partial charge < -0.3 is 0 Å². The first-order valence-corrected chi connectivity index (χ1v) is 7.22. The monoisotopic (exact) mass is 323 g/mol. The molecular weight excluding hydrogens is 315 g/mol. The third-order valence-corrected chi connectivity index (χ3v) is 3.91. The van der Waals surface area contributed by atoms with Crippen molar-refractivity contribution in [2.24, 2.45) is 0 Å². The van der Waals surface area contributed by atoms with Gasteiger partial charge in [-0.05, 0) is 23.7 Å². The third kappa shape index (κ3) is 2.28. The summed E-state index contributed by atoms with van der Waals surface area (Å²) in [6.45, 7) is 2.05. The van der Waals surface area contributed by atoms with E-state index in [1.165, 1.54) is 0 Å². The first kappa shape index (κ1) is 13.7. The third-order valence-electron chi connectivity index (χ3n) is 3.09. The van der Waals surface area contributed by atoms with Crippen molar-refractivity contribution < 1.29 is 0 Å². The van der Waals surface area contributed by atoms with Crippen molar-refractivity contribution in [3.05, 3.63) is 45.7 Å². The molecule has 0 amide bonds. The number of halogens is 3. The van der Waals surface area contributed by atoms with E-state index in [2.05, 4.69) is 16.9 Å². The highest BCUT2D eigenvalue weighted by molar-refractivity contribution is 6.54. The molecule has 100 valence electrons. The van der Waals surface area contributed by atoms with E-state index in [4.69, 9.17) is 34.8 Å². The lowest BCUT2D eigenvalue weighted by molar-refractivity contribution is 0.942. The molecule has 0 fully saturated rings. The number of benzene rings is 1. The van der Waals surface area contributed by atoms with Crippen LogP contribution in [-0.2, 0) is 0 Å². The predicted octanol–water partition coefficient (Wildman–Crippen LogP) is 3.47. The Hall–Kier alpha value is -1.23. The van der Waals surface area contributed by atoms with Gasteiger partial charge in [0.25, 0.3) is 0 Å². The van der Waals surface area contributed by atoms with Crippen molar-refractivity contribution in [1.82, 2.24) is 14.6 Å². The van der Waals surface area contributed by atoms with Crippen molar-refractivity contribution in [2.45, 2.75) is 6.82 Å². The average Bonchev–Trinajstić information content (AvgIpc) is 2.82. The molecule has 3 nitrogen and oxygen atoms in total. The zero-order valence-electron chi connectivity index (χ0n) is 10.6. The summed E-state index contributed by atoms with van der Waals surface area (Å²) in [6.07, 6.45) is 1.78. The molecule has 0 N–H and O–H groups in total. The quantitative estimate of drug-likeness (QED) is 0.534. The molecule has 0 saturated carbocycles. The molecular formula is C13H9BCl3N3. The average molecular weight is 324 g/mol. The summed E-state index contributed by atoms with van der Waals surface area (Å²) < 4.78 is 1.62. The fourth-order valence-electron chi connectivity index (χ4n) is 2.06. The van der Waals surface area contributed by atoms with Crippen molar-refractivity contribution >= 4 is 53.2 Å². The summed E-state index contributed by atoms with van der Waals surface area (Å²) in [4.78, 5) is 4.62. The van der Waals surface area contributed by atoms with E-state index < -0.39 is 0 Å². The maximum Gasteiger partial charge on any atom is 0.161 e. The minimum absolute atomic E-state index is 0.496. The number of fused-ring (bicyclic) bond motifs is 1. The summed E-state index contributed by atoms with van der Waals surface area (Å²) >= 11 is 18.4. The van der Waals surface area contributed by atoms with Crippen LogP contribution in [0.3, 0.4) is 0 Å². The molecule has 0 radical (unpaired) electrons. The Balaban J connectivity index is 2.26. The van der Waals surface area contributed by atoms with Gasteiger partial charge in [-0.15, -0.1) is 0 Å². The van der Waals surface area contributed by atoms with Gasteiger partial charge in [0.05, 0.1) is 10.7 Å². The van der Waals surface area contributed by atoms with Gasteiger partial charge in [-0.3, -0.25) is 0 Å². The Morgan fingerprint density at radius 3 is 2.65 bits per heavy atom. The van der Waals surface area contributed by atoms with Crippen LogP contribution in [0.25, 0.3) is 16.9 Å². The molecule has 2 aromatic heterocycles. The van der Waals surface area contributed by atoms with Crippen LogP contribution in [0, 0.1) is 0 Å². The summed E-state index contributed by atoms with van der Waals surface area (Å²) in [5.41, 5.74) is 3.29. The highest BCUT2D eigenvalue weighted by Gasteiger charge is 2.12. The number of hydrogen-bond donors (Lipinski definition) is 0. The Bertz CT molecular complexity index is 801. The maximum atomic E-state index is 6.26. The van der Waals surface area contributed by atoms with Gasteiger partial charge in [-0.1, -0.05) is 41.6 Å². The Labute approximate surface area is 131 Å². The molecule has 0 spiro atoms. The first-order chi connectivity index (χ1) is 9.60. The lowest BCUT2D eigenvalue weighted by Crippen LogP contribution is -2.11. The SMILES string of the molecule is CBc1cnn2c(Cl)cc(-c3ccc(Cl)cc3Cl)nc12. The van der Waals surface area contributed by atoms with E-state index in [-0.39, 0.29) is 0 Å². The highest BCUT2D eigenvalue weighted by atomic mass is 35.5. The van der Waals surface area contributed by atoms with Crippen molar-refractivity contribution in [3.63, 3.8) is 0 Å². The Morgan fingerprint density at radius 2 is 1.95 bits per heavy atom. The van der Waals surface area contributed by atoms with Gasteiger partial charge in [0.2, 0.25) is 0 Å². The van der Waals surface area contributed by atoms with Crippen LogP contribution in [-0.4, -0.2) is 21.9 Å². The molecule has 3 rings (SSSR count). The maximum absolute atomic E-state index is 6.26. The molecule has 0 bridgehead atoms. The van der Waals surface area contributed by atoms with Crippen LogP contribution < -0.4 is 5.46 Å². The van der Waals surface area contributed by atoms with Crippen LogP contribution in [0.15, 0.2) is 30.5 Å². The van der Waals surface area contributed by atoms with E-state index in [1.807, 2.05) is 6.07 Å². The molecule has 0 saturated heterocycles. The normalized spacial score (nSPS) is 11.0. The summed E-state index contributed by atoms with van der Waals surface area (Å²) in [6, 6.07) is 7.05. The minimum Gasteiger partial charge on any atom is -0.229 e. The van der Waals surface area contributed by atoms with Gasteiger partial charge in [0.15, 0.2) is 12.9 Å². The van der Waals surface area contributed by atoms with Crippen LogP contribution in [0.4, 0.5) is 0 Å². The van der Waals surface area contributed by atoms with E-state index in [1.54, 1.807) is 28.9 Å². The van der Waals surface area contributed by atoms with E-state index >= 15 is 0 Å². The molecule has 0 aliphatic carbocycles. The van der Waals surface area contributed by atoms with E-state index in [9.17, 15) is 0 Å². The van der Waals surface area contributed by atoms with Gasteiger partial charge in [-0.25, -0.2) is 9.50 Å². The van der Waals surface area contributed by atoms with E-state index in [0.29, 0.717) is 20.9 Å². The topological polar surface area (TPSA) is 30.2 Å². The molecule has 1 aromatic carbocycles. The summed E-state index contributed by atoms with van der Waals surface area (Å²) in [5, 5.41) is 5.86. The van der Waals surface area contributed by atoms with Crippen molar-refractivity contribution in [1.29, 1.82) is 0 Å². The smallest absolute Gasteiger partial charge is 0.161 e. The number of hydrogen-bond acceptors (Lipinski definition) is 2. The molecule has 0 atom stereocenters. The van der Waals surface area contributed by atoms with Gasteiger partial charge in [-0.2, -0.15) is 5.10 Å². The molecule has 20 heavy (non-hydrogen) atoms. The number of rotatable bonds is 2. The van der Waals surface area contributed by atoms with Crippen molar-refractivity contribution in [3.8, 4) is 11.3 Å². The Kier molecular flexibility index (Phi) is 3.63. The number of aromatic nitrogens is 3. The molecule has 0 aliphatic heterocycles. The number of nitrogens with zero attached hydrogens (tertiary/aromatic N) is 3. The summed E-state index contributed by atoms with van der Waals surface area (Å²) in [5.74, 6) is 0. The largest absolute Gasteiger partial charge is 0.229 e. The fourth-order valence-corrected chi connectivity index (χ4v) is 2.79. The van der Waals surface area contributed by atoms with Crippen molar-refractivity contribution in [2.75, 3.05) is 0 Å². The van der Waals surface area contributed by atoms with Crippen LogP contribution in [0.1, 0.15) is 0 Å². The standard InChI is InChI=1S/C13H9BCl3N3/c1-14-9-6-18-20-12(17)5-11(19-13(9)20)8-3-2-7(15)4-10(8)16/h2-6,14H,1H3. The zero-order valence-corrected chi connectivity index (χ0v) is 12.8. The minimum atomic E-state index is 0.496. The second-order valence-corrected chi connectivity index (χ2v) is 5.58. The summed E-state index contributed by atoms with van der Waals surface area (Å²) in [7, 11) is 0.838. The second kappa shape index (κ2) is 5.28. The predicted molar refractivity (Wildman–Crippen MR) is 86.1 cm³/mol. The molecule has 0 unspecified atom stereocenters. The first-order valence-electron chi connectivity index (χ1n) is 6.08. The van der Waals surface area contributed by atoms with Crippen LogP contribution in [0.2, 0.25) is 22.0 Å². The van der Waals surface area contributed by atoms with Gasteiger partial charge >= 0.3 is 0 Å². The van der Waals surface area contributed by atoms with Gasteiger partial charge in [0, 0.05) is 22.8 Å². The fraction of sp³-hybridized carbons (Fsp3) is 0.0769. The van der Waals surface area contributed by atoms with Crippen LogP contribution in [0.5, 0.6) is 0 Å². The van der Waals surface area contributed by atoms with E-state index in [0.717, 1.165) is 24.0 Å².